The van der Waals surface area contributed by atoms with E-state index in [-0.39, 0.29) is 11.8 Å². The zero-order valence-corrected chi connectivity index (χ0v) is 20.9. The number of nitrogens with two attached hydrogens (primary N) is 1. The van der Waals surface area contributed by atoms with Crippen LogP contribution in [0.15, 0.2) is 73.0 Å². The predicted molar refractivity (Wildman–Crippen MR) is 141 cm³/mol. The van der Waals surface area contributed by atoms with E-state index in [4.69, 9.17) is 20.3 Å². The molecule has 0 bridgehead atoms. The summed E-state index contributed by atoms with van der Waals surface area (Å²) in [6.45, 7) is 1.86. The molecule has 1 aliphatic rings. The van der Waals surface area contributed by atoms with Crippen molar-refractivity contribution in [2.24, 2.45) is 0 Å². The van der Waals surface area contributed by atoms with Gasteiger partial charge in [-0.3, -0.25) is 0 Å². The Morgan fingerprint density at radius 1 is 1.08 bits per heavy atom. The standard InChI is InChI=1S/C28H22FN7O3/c1-15(36-27-23(26(30)33-14-34-27)24(35-36)17-11-31-28(38-2)32-12-17)25-22(16-6-5-7-18(29)10-16)20(13-37)19-8-3-4-9-21(19)39-25/h3-15,20H,1-2H3,(H2,30,33,34). The number of para-hydroxylation sites is 1. The van der Waals surface area contributed by atoms with Crippen molar-refractivity contribution in [2.75, 3.05) is 12.8 Å². The molecule has 6 rings (SSSR count). The van der Waals surface area contributed by atoms with Gasteiger partial charge >= 0.3 is 6.01 Å². The molecule has 5 aromatic rings. The maximum absolute atomic E-state index is 14.4. The van der Waals surface area contributed by atoms with E-state index >= 15 is 0 Å². The molecule has 0 saturated heterocycles. The second kappa shape index (κ2) is 9.60. The minimum absolute atomic E-state index is 0.208. The van der Waals surface area contributed by atoms with Gasteiger partial charge in [0.25, 0.3) is 0 Å². The summed E-state index contributed by atoms with van der Waals surface area (Å²) in [5.74, 6) is 0.0679. The highest BCUT2D eigenvalue weighted by Gasteiger charge is 2.35. The summed E-state index contributed by atoms with van der Waals surface area (Å²) in [4.78, 5) is 29.5. The zero-order chi connectivity index (χ0) is 27.1. The van der Waals surface area contributed by atoms with Gasteiger partial charge in [0.15, 0.2) is 5.65 Å². The second-order valence-electron chi connectivity index (χ2n) is 8.93. The van der Waals surface area contributed by atoms with Crippen LogP contribution in [0.4, 0.5) is 10.2 Å². The lowest BCUT2D eigenvalue weighted by Crippen LogP contribution is -2.23. The lowest BCUT2D eigenvalue weighted by Gasteiger charge is -2.31. The fraction of sp³-hybridized carbons (Fsp3) is 0.143. The number of rotatable bonds is 6. The van der Waals surface area contributed by atoms with E-state index in [9.17, 15) is 9.18 Å². The molecule has 10 nitrogen and oxygen atoms in total. The average molecular weight is 524 g/mol. The molecular formula is C28H22FN7O3. The van der Waals surface area contributed by atoms with Crippen LogP contribution in [0.2, 0.25) is 0 Å². The molecule has 0 spiro atoms. The normalized spacial score (nSPS) is 15.5. The summed E-state index contributed by atoms with van der Waals surface area (Å²) in [6, 6.07) is 13.0. The third-order valence-electron chi connectivity index (χ3n) is 6.67. The van der Waals surface area contributed by atoms with E-state index in [0.717, 1.165) is 6.29 Å². The van der Waals surface area contributed by atoms with Gasteiger partial charge in [0.05, 0.1) is 18.4 Å². The van der Waals surface area contributed by atoms with Crippen LogP contribution in [0.3, 0.4) is 0 Å². The molecule has 2 atom stereocenters. The number of aldehydes is 1. The van der Waals surface area contributed by atoms with Gasteiger partial charge in [-0.25, -0.2) is 29.0 Å². The number of benzene rings is 2. The number of nitrogen functional groups attached to an aromatic ring is 1. The minimum Gasteiger partial charge on any atom is -0.467 e. The SMILES string of the molecule is COc1ncc(-c2nn(C(C)C3=C(c4cccc(F)c4)C(C=O)c4ccccc4O3)c3ncnc(N)c23)cn1. The molecule has 2 N–H and O–H groups in total. The third-order valence-corrected chi connectivity index (χ3v) is 6.67. The van der Waals surface area contributed by atoms with Gasteiger partial charge in [-0.15, -0.1) is 0 Å². The van der Waals surface area contributed by atoms with Crippen LogP contribution < -0.4 is 15.2 Å². The first-order chi connectivity index (χ1) is 19.0. The van der Waals surface area contributed by atoms with Crippen LogP contribution in [-0.4, -0.2) is 43.1 Å². The highest BCUT2D eigenvalue weighted by atomic mass is 19.1. The number of hydrogen-bond donors (Lipinski definition) is 1. The molecule has 0 radical (unpaired) electrons. The molecule has 3 aromatic heterocycles. The largest absolute Gasteiger partial charge is 0.467 e. The lowest BCUT2D eigenvalue weighted by atomic mass is 9.83. The number of carbonyl (C=O) groups is 1. The number of ether oxygens (including phenoxy) is 2. The predicted octanol–water partition coefficient (Wildman–Crippen LogP) is 4.36. The molecule has 2 unspecified atom stereocenters. The molecule has 0 aliphatic carbocycles. The molecule has 0 saturated carbocycles. The Morgan fingerprint density at radius 3 is 2.62 bits per heavy atom. The molecule has 0 fully saturated rings. The maximum atomic E-state index is 14.4. The Kier molecular flexibility index (Phi) is 5.95. The first-order valence-corrected chi connectivity index (χ1v) is 12.1. The number of hydrogen-bond acceptors (Lipinski definition) is 9. The number of aromatic nitrogens is 6. The average Bonchev–Trinajstić information content (AvgIpc) is 3.36. The highest BCUT2D eigenvalue weighted by Crippen LogP contribution is 2.46. The van der Waals surface area contributed by atoms with Crippen molar-refractivity contribution in [1.82, 2.24) is 29.7 Å². The lowest BCUT2D eigenvalue weighted by molar-refractivity contribution is -0.108. The van der Waals surface area contributed by atoms with Gasteiger partial charge in [0.2, 0.25) is 0 Å². The molecule has 194 valence electrons. The number of carbonyl (C=O) groups excluding carboxylic acids is 1. The molecule has 11 heteroatoms. The number of allylic oxidation sites excluding steroid dienone is 2. The Morgan fingerprint density at radius 2 is 1.87 bits per heavy atom. The quantitative estimate of drug-likeness (QED) is 0.323. The molecule has 1 aliphatic heterocycles. The van der Waals surface area contributed by atoms with Crippen LogP contribution in [0.5, 0.6) is 11.8 Å². The van der Waals surface area contributed by atoms with Crippen molar-refractivity contribution in [3.8, 4) is 23.0 Å². The van der Waals surface area contributed by atoms with Crippen LogP contribution in [0.25, 0.3) is 27.9 Å². The highest BCUT2D eigenvalue weighted by molar-refractivity contribution is 5.98. The summed E-state index contributed by atoms with van der Waals surface area (Å²) < 4.78 is 27.5. The van der Waals surface area contributed by atoms with E-state index in [1.165, 1.54) is 25.6 Å². The fourth-order valence-electron chi connectivity index (χ4n) is 4.86. The Labute approximate surface area is 222 Å². The van der Waals surface area contributed by atoms with E-state index < -0.39 is 17.8 Å². The van der Waals surface area contributed by atoms with Gasteiger partial charge in [-0.05, 0) is 30.7 Å². The van der Waals surface area contributed by atoms with E-state index in [0.29, 0.717) is 50.5 Å². The third kappa shape index (κ3) is 4.04. The first-order valence-electron chi connectivity index (χ1n) is 12.1. The van der Waals surface area contributed by atoms with Crippen LogP contribution in [0.1, 0.15) is 30.0 Å². The topological polar surface area (TPSA) is 131 Å². The summed E-state index contributed by atoms with van der Waals surface area (Å²) in [5.41, 5.74) is 9.52. The van der Waals surface area contributed by atoms with Crippen LogP contribution in [0, 0.1) is 5.82 Å². The van der Waals surface area contributed by atoms with Gasteiger partial charge in [-0.2, -0.15) is 5.10 Å². The molecular weight excluding hydrogens is 501 g/mol. The number of nitrogens with zero attached hydrogens (tertiary/aromatic N) is 6. The van der Waals surface area contributed by atoms with Gasteiger partial charge in [0.1, 0.15) is 47.5 Å². The molecule has 4 heterocycles. The molecule has 39 heavy (non-hydrogen) atoms. The maximum Gasteiger partial charge on any atom is 0.316 e. The van der Waals surface area contributed by atoms with Gasteiger partial charge in [0, 0.05) is 29.1 Å². The molecule has 2 aromatic carbocycles. The summed E-state index contributed by atoms with van der Waals surface area (Å²) in [6.07, 6.45) is 5.34. The van der Waals surface area contributed by atoms with Crippen LogP contribution >= 0.6 is 0 Å². The Hall–Kier alpha value is -5.19. The van der Waals surface area contributed by atoms with E-state index in [2.05, 4.69) is 19.9 Å². The Bertz CT molecular complexity index is 1750. The van der Waals surface area contributed by atoms with Crippen molar-refractivity contribution in [2.45, 2.75) is 18.9 Å². The smallest absolute Gasteiger partial charge is 0.316 e. The number of anilines is 1. The Balaban J connectivity index is 1.58. The molecule has 0 amide bonds. The van der Waals surface area contributed by atoms with Gasteiger partial charge in [-0.1, -0.05) is 30.3 Å². The minimum atomic E-state index is -0.690. The second-order valence-corrected chi connectivity index (χ2v) is 8.93. The number of fused-ring (bicyclic) bond motifs is 2. The first kappa shape index (κ1) is 24.2. The summed E-state index contributed by atoms with van der Waals surface area (Å²) in [5, 5.41) is 5.35. The van der Waals surface area contributed by atoms with Crippen molar-refractivity contribution >= 4 is 28.7 Å². The van der Waals surface area contributed by atoms with E-state index in [1.807, 2.05) is 25.1 Å². The van der Waals surface area contributed by atoms with Crippen LogP contribution in [-0.2, 0) is 4.79 Å². The fourth-order valence-corrected chi connectivity index (χ4v) is 4.86. The zero-order valence-electron chi connectivity index (χ0n) is 20.9. The van der Waals surface area contributed by atoms with Crippen molar-refractivity contribution in [1.29, 1.82) is 0 Å². The number of methoxy groups -OCH3 is 1. The number of halogens is 1. The van der Waals surface area contributed by atoms with Crippen molar-refractivity contribution in [3.63, 3.8) is 0 Å². The summed E-state index contributed by atoms with van der Waals surface area (Å²) in [7, 11) is 1.48. The van der Waals surface area contributed by atoms with Crippen molar-refractivity contribution < 1.29 is 18.7 Å². The summed E-state index contributed by atoms with van der Waals surface area (Å²) >= 11 is 0. The van der Waals surface area contributed by atoms with Gasteiger partial charge < -0.3 is 20.0 Å². The van der Waals surface area contributed by atoms with E-state index in [1.54, 1.807) is 35.3 Å². The monoisotopic (exact) mass is 523 g/mol. The van der Waals surface area contributed by atoms with Crippen molar-refractivity contribution in [3.05, 3.63) is 90.0 Å².